The molecule has 5 nitrogen and oxygen atoms in total. The highest BCUT2D eigenvalue weighted by Crippen LogP contribution is 2.40. The van der Waals surface area contributed by atoms with Gasteiger partial charge in [-0.1, -0.05) is 6.92 Å². The molecule has 4 rings (SSSR count). The molecule has 1 atom stereocenters. The average Bonchev–Trinajstić information content (AvgIpc) is 3.03. The number of hydrogen-bond donors (Lipinski definition) is 0. The third-order valence-corrected chi connectivity index (χ3v) is 6.27. The zero-order valence-corrected chi connectivity index (χ0v) is 16.6. The van der Waals surface area contributed by atoms with Gasteiger partial charge in [0, 0.05) is 16.0 Å². The molecule has 0 saturated heterocycles. The zero-order valence-electron chi connectivity index (χ0n) is 15.7. The molecule has 3 aromatic rings. The fourth-order valence-electron chi connectivity index (χ4n) is 3.61. The first kappa shape index (κ1) is 17.9. The molecule has 1 aliphatic rings. The highest BCUT2D eigenvalue weighted by molar-refractivity contribution is 7.18. The minimum absolute atomic E-state index is 0.0179. The first-order chi connectivity index (χ1) is 13.1. The van der Waals surface area contributed by atoms with Crippen molar-refractivity contribution in [2.24, 2.45) is 5.92 Å². The van der Waals surface area contributed by atoms with E-state index in [-0.39, 0.29) is 12.4 Å². The number of rotatable bonds is 5. The van der Waals surface area contributed by atoms with E-state index < -0.39 is 0 Å². The Hall–Kier alpha value is -2.47. The first-order valence-electron chi connectivity index (χ1n) is 9.12. The van der Waals surface area contributed by atoms with Gasteiger partial charge in [0.2, 0.25) is 5.88 Å². The van der Waals surface area contributed by atoms with Crippen molar-refractivity contribution in [2.45, 2.75) is 39.7 Å². The summed E-state index contributed by atoms with van der Waals surface area (Å²) in [5.74, 6) is 2.04. The number of hydrogen-bond acceptors (Lipinski definition) is 6. The van der Waals surface area contributed by atoms with Crippen LogP contribution < -0.4 is 9.47 Å². The van der Waals surface area contributed by atoms with Crippen molar-refractivity contribution in [3.05, 3.63) is 46.1 Å². The van der Waals surface area contributed by atoms with Gasteiger partial charge in [-0.15, -0.1) is 11.3 Å². The monoisotopic (exact) mass is 382 g/mol. The summed E-state index contributed by atoms with van der Waals surface area (Å²) in [6.45, 7) is 4.14. The van der Waals surface area contributed by atoms with Crippen molar-refractivity contribution in [1.82, 2.24) is 9.97 Å². The Morgan fingerprint density at radius 3 is 2.96 bits per heavy atom. The second-order valence-corrected chi connectivity index (χ2v) is 8.17. The molecule has 0 saturated carbocycles. The van der Waals surface area contributed by atoms with Crippen LogP contribution in [0.3, 0.4) is 0 Å². The van der Waals surface area contributed by atoms with Crippen LogP contribution in [0, 0.1) is 5.92 Å². The number of ether oxygens (including phenoxy) is 2. The lowest BCUT2D eigenvalue weighted by Crippen LogP contribution is -2.09. The normalized spacial score (nSPS) is 16.2. The molecule has 0 fully saturated rings. The molecule has 1 aromatic carbocycles. The van der Waals surface area contributed by atoms with Crippen molar-refractivity contribution in [3.8, 4) is 11.6 Å². The van der Waals surface area contributed by atoms with E-state index in [0.717, 1.165) is 28.6 Å². The summed E-state index contributed by atoms with van der Waals surface area (Å²) in [6.07, 6.45) is 4.89. The Morgan fingerprint density at radius 2 is 2.19 bits per heavy atom. The first-order valence-corrected chi connectivity index (χ1v) is 9.94. The lowest BCUT2D eigenvalue weighted by Gasteiger charge is -2.18. The van der Waals surface area contributed by atoms with Crippen molar-refractivity contribution in [1.29, 1.82) is 0 Å². The number of benzene rings is 1. The molecule has 27 heavy (non-hydrogen) atoms. The number of carbonyl (C=O) groups excluding carboxylic acids is 1. The summed E-state index contributed by atoms with van der Waals surface area (Å²) in [7, 11) is 1.62. The topological polar surface area (TPSA) is 61.3 Å². The van der Waals surface area contributed by atoms with Crippen LogP contribution in [-0.2, 0) is 19.4 Å². The smallest absolute Gasteiger partial charge is 0.225 e. The molecule has 0 radical (unpaired) electrons. The van der Waals surface area contributed by atoms with Crippen molar-refractivity contribution in [3.63, 3.8) is 0 Å². The molecule has 0 N–H and O–H groups in total. The minimum Gasteiger partial charge on any atom is -0.496 e. The largest absolute Gasteiger partial charge is 0.496 e. The molecule has 1 aliphatic carbocycles. The summed E-state index contributed by atoms with van der Waals surface area (Å²) in [5.41, 5.74) is 2.81. The number of aromatic nitrogens is 2. The van der Waals surface area contributed by atoms with E-state index in [9.17, 15) is 4.79 Å². The van der Waals surface area contributed by atoms with Gasteiger partial charge in [-0.3, -0.25) is 4.79 Å². The van der Waals surface area contributed by atoms with Crippen LogP contribution in [0.25, 0.3) is 10.2 Å². The van der Waals surface area contributed by atoms with Crippen LogP contribution in [0.15, 0.2) is 24.5 Å². The van der Waals surface area contributed by atoms with Gasteiger partial charge in [0.25, 0.3) is 0 Å². The van der Waals surface area contributed by atoms with Crippen molar-refractivity contribution in [2.75, 3.05) is 7.11 Å². The summed E-state index contributed by atoms with van der Waals surface area (Å²) >= 11 is 1.75. The van der Waals surface area contributed by atoms with E-state index in [1.54, 1.807) is 43.8 Å². The fourth-order valence-corrected chi connectivity index (χ4v) is 4.95. The van der Waals surface area contributed by atoms with Gasteiger partial charge in [0.05, 0.1) is 12.5 Å². The molecule has 0 aliphatic heterocycles. The molecule has 0 bridgehead atoms. The van der Waals surface area contributed by atoms with Crippen molar-refractivity contribution >= 4 is 27.3 Å². The molecular formula is C21H22N2O3S. The predicted octanol–water partition coefficient (Wildman–Crippen LogP) is 4.61. The van der Waals surface area contributed by atoms with Crippen LogP contribution in [0.2, 0.25) is 0 Å². The SMILES string of the molecule is COc1ccc(C(C)=O)cc1COc1ncnc2sc3c(c12)CCC(C)C3. The molecule has 2 heterocycles. The highest BCUT2D eigenvalue weighted by Gasteiger charge is 2.23. The van der Waals surface area contributed by atoms with E-state index in [4.69, 9.17) is 9.47 Å². The van der Waals surface area contributed by atoms with Gasteiger partial charge in [-0.25, -0.2) is 9.97 Å². The maximum atomic E-state index is 11.7. The number of ketones is 1. The zero-order chi connectivity index (χ0) is 19.0. The Kier molecular flexibility index (Phi) is 4.83. The van der Waals surface area contributed by atoms with E-state index in [1.807, 2.05) is 6.07 Å². The maximum absolute atomic E-state index is 11.7. The summed E-state index contributed by atoms with van der Waals surface area (Å²) in [5, 5.41) is 1.05. The molecular weight excluding hydrogens is 360 g/mol. The lowest BCUT2D eigenvalue weighted by atomic mass is 9.89. The van der Waals surface area contributed by atoms with E-state index >= 15 is 0 Å². The molecule has 6 heteroatoms. The molecule has 0 amide bonds. The quantitative estimate of drug-likeness (QED) is 0.603. The van der Waals surface area contributed by atoms with Gasteiger partial charge in [0.15, 0.2) is 5.78 Å². The minimum atomic E-state index is 0.0179. The molecule has 0 spiro atoms. The van der Waals surface area contributed by atoms with Gasteiger partial charge < -0.3 is 9.47 Å². The number of methoxy groups -OCH3 is 1. The van der Waals surface area contributed by atoms with Gasteiger partial charge >= 0.3 is 0 Å². The third kappa shape index (κ3) is 3.41. The second kappa shape index (κ2) is 7.27. The number of Topliss-reactive ketones (excluding diaryl/α,β-unsaturated/α-hetero) is 1. The van der Waals surface area contributed by atoms with Crippen LogP contribution in [0.1, 0.15) is 46.6 Å². The van der Waals surface area contributed by atoms with E-state index in [1.165, 1.54) is 16.9 Å². The number of nitrogens with zero attached hydrogens (tertiary/aromatic N) is 2. The van der Waals surface area contributed by atoms with Gasteiger partial charge in [-0.05, 0) is 55.9 Å². The Bertz CT molecular complexity index is 1010. The Labute approximate surface area is 162 Å². The summed E-state index contributed by atoms with van der Waals surface area (Å²) in [6, 6.07) is 5.40. The second-order valence-electron chi connectivity index (χ2n) is 7.08. The standard InChI is InChI=1S/C21H22N2O3S/c1-12-4-6-16-18(8-12)27-21-19(16)20(22-11-23-21)26-10-15-9-14(13(2)24)5-7-17(15)25-3/h5,7,9,11-12H,4,6,8,10H2,1-3H3. The van der Waals surface area contributed by atoms with Gasteiger partial charge in [0.1, 0.15) is 23.5 Å². The number of fused-ring (bicyclic) bond motifs is 3. The predicted molar refractivity (Wildman–Crippen MR) is 106 cm³/mol. The maximum Gasteiger partial charge on any atom is 0.225 e. The number of thiophene rings is 1. The number of aryl methyl sites for hydroxylation is 1. The van der Waals surface area contributed by atoms with E-state index in [0.29, 0.717) is 23.1 Å². The molecule has 2 aromatic heterocycles. The average molecular weight is 382 g/mol. The van der Waals surface area contributed by atoms with E-state index in [2.05, 4.69) is 16.9 Å². The molecule has 1 unspecified atom stereocenters. The fraction of sp³-hybridized carbons (Fsp3) is 0.381. The van der Waals surface area contributed by atoms with Crippen LogP contribution in [-0.4, -0.2) is 22.9 Å². The third-order valence-electron chi connectivity index (χ3n) is 5.11. The molecule has 140 valence electrons. The lowest BCUT2D eigenvalue weighted by molar-refractivity contribution is 0.101. The van der Waals surface area contributed by atoms with Crippen LogP contribution in [0.4, 0.5) is 0 Å². The Morgan fingerprint density at radius 1 is 1.33 bits per heavy atom. The number of carbonyl (C=O) groups is 1. The van der Waals surface area contributed by atoms with Gasteiger partial charge in [-0.2, -0.15) is 0 Å². The van der Waals surface area contributed by atoms with Crippen LogP contribution >= 0.6 is 11.3 Å². The van der Waals surface area contributed by atoms with Crippen molar-refractivity contribution < 1.29 is 14.3 Å². The van der Waals surface area contributed by atoms with Crippen LogP contribution in [0.5, 0.6) is 11.6 Å². The summed E-state index contributed by atoms with van der Waals surface area (Å²) < 4.78 is 11.5. The Balaban J connectivity index is 1.67. The highest BCUT2D eigenvalue weighted by atomic mass is 32.1. The summed E-state index contributed by atoms with van der Waals surface area (Å²) in [4.78, 5) is 23.0.